The molecule has 25 heavy (non-hydrogen) atoms. The van der Waals surface area contributed by atoms with Crippen LogP contribution in [0, 0.1) is 0 Å². The number of esters is 1. The molecule has 1 aliphatic rings. The molecule has 1 saturated carbocycles. The molecule has 0 N–H and O–H groups in total. The van der Waals surface area contributed by atoms with Crippen LogP contribution in [0.2, 0.25) is 0 Å². The predicted molar refractivity (Wildman–Crippen MR) is 103 cm³/mol. The summed E-state index contributed by atoms with van der Waals surface area (Å²) in [5.74, 6) is -0.233. The van der Waals surface area contributed by atoms with Crippen molar-refractivity contribution in [2.24, 2.45) is 0 Å². The second-order valence-corrected chi connectivity index (χ2v) is 9.89. The number of nitrogens with zero attached hydrogens (tertiary/aromatic N) is 3. The van der Waals surface area contributed by atoms with Crippen LogP contribution >= 0.6 is 0 Å². The normalized spacial score (nSPS) is 23.1. The van der Waals surface area contributed by atoms with E-state index in [0.29, 0.717) is 8.97 Å². The summed E-state index contributed by atoms with van der Waals surface area (Å²) < 4.78 is 7.93. The molecule has 0 atom stereocenters. The molecule has 1 fully saturated rings. The molecule has 0 aromatic heterocycles. The van der Waals surface area contributed by atoms with Crippen LogP contribution in [0.25, 0.3) is 0 Å². The van der Waals surface area contributed by atoms with E-state index in [4.69, 9.17) is 4.74 Å². The van der Waals surface area contributed by atoms with Crippen molar-refractivity contribution in [3.63, 3.8) is 0 Å². The van der Waals surface area contributed by atoms with E-state index < -0.39 is 0 Å². The van der Waals surface area contributed by atoms with Gasteiger partial charge in [0.2, 0.25) is 0 Å². The van der Waals surface area contributed by atoms with Gasteiger partial charge in [0.1, 0.15) is 0 Å². The van der Waals surface area contributed by atoms with Crippen LogP contribution in [-0.2, 0) is 9.53 Å². The second-order valence-electron chi connectivity index (χ2n) is 9.89. The summed E-state index contributed by atoms with van der Waals surface area (Å²) in [6, 6.07) is 0. The van der Waals surface area contributed by atoms with Crippen molar-refractivity contribution in [3.05, 3.63) is 35.3 Å². The Morgan fingerprint density at radius 3 is 1.44 bits per heavy atom. The average Bonchev–Trinajstić information content (AvgIpc) is 2.26. The van der Waals surface area contributed by atoms with Crippen LogP contribution in [0.15, 0.2) is 35.3 Å². The first-order valence-corrected chi connectivity index (χ1v) is 8.80. The van der Waals surface area contributed by atoms with Crippen molar-refractivity contribution in [2.45, 2.75) is 25.9 Å². The maximum absolute atomic E-state index is 11.7. The lowest BCUT2D eigenvalue weighted by Gasteiger charge is -2.33. The third-order valence-electron chi connectivity index (χ3n) is 3.50. The molecule has 0 spiro atoms. The summed E-state index contributed by atoms with van der Waals surface area (Å²) in [4.78, 5) is 11.7. The van der Waals surface area contributed by atoms with Crippen LogP contribution in [0.3, 0.4) is 0 Å². The van der Waals surface area contributed by atoms with E-state index >= 15 is 0 Å². The smallest absolute Gasteiger partial charge is 0.303 e. The zero-order valence-electron chi connectivity index (χ0n) is 17.9. The molecule has 1 rings (SSSR count). The minimum Gasteiger partial charge on any atom is -0.453 e. The topological polar surface area (TPSA) is 26.3 Å². The summed E-state index contributed by atoms with van der Waals surface area (Å²) >= 11 is 0. The molecule has 5 heteroatoms. The molecule has 0 saturated heterocycles. The van der Waals surface area contributed by atoms with Gasteiger partial charge in [-0.3, -0.25) is 4.79 Å². The van der Waals surface area contributed by atoms with Crippen molar-refractivity contribution < 1.29 is 23.0 Å². The predicted octanol–water partition coefficient (Wildman–Crippen LogP) is 2.48. The summed E-state index contributed by atoms with van der Waals surface area (Å²) in [7, 11) is 19.2. The molecule has 0 amide bonds. The lowest BCUT2D eigenvalue weighted by Crippen LogP contribution is -2.36. The fourth-order valence-corrected chi connectivity index (χ4v) is 3.19. The maximum atomic E-state index is 11.7. The van der Waals surface area contributed by atoms with E-state index in [-0.39, 0.29) is 12.1 Å². The maximum Gasteiger partial charge on any atom is 0.303 e. The molecule has 0 aromatic carbocycles. The Kier molecular flexibility index (Phi) is 6.43. The van der Waals surface area contributed by atoms with Crippen LogP contribution in [0.5, 0.6) is 0 Å². The lowest BCUT2D eigenvalue weighted by atomic mass is 9.84. The molecular weight excluding hydrogens is 314 g/mol. The fourth-order valence-electron chi connectivity index (χ4n) is 3.19. The van der Waals surface area contributed by atoms with Crippen LogP contribution < -0.4 is 0 Å². The van der Waals surface area contributed by atoms with E-state index in [1.807, 2.05) is 0 Å². The number of carbonyl (C=O) groups is 1. The summed E-state index contributed by atoms with van der Waals surface area (Å²) in [6.07, 6.45) is 8.14. The Bertz CT molecular complexity index is 558. The highest BCUT2D eigenvalue weighted by molar-refractivity contribution is 5.67. The molecular formula is C20H38N3O2+3. The minimum absolute atomic E-state index is 0.233. The van der Waals surface area contributed by atoms with E-state index in [1.54, 1.807) is 0 Å². The standard InChI is InChI=1S/C20H38N3O2/c1-16(24)25-20-18(14-22(5,6)7)11-17(13-21(2,3)4)12-19(20)15-23(8,9)10/h13-15,20H,11-12H2,1-10H3/q+3. The van der Waals surface area contributed by atoms with Gasteiger partial charge in [0, 0.05) is 30.9 Å². The zero-order chi connectivity index (χ0) is 19.6. The Morgan fingerprint density at radius 2 is 1.16 bits per heavy atom. The van der Waals surface area contributed by atoms with Crippen LogP contribution in [0.4, 0.5) is 0 Å². The van der Waals surface area contributed by atoms with Crippen molar-refractivity contribution in [1.29, 1.82) is 0 Å². The molecule has 0 aliphatic heterocycles. The number of hydrogen-bond donors (Lipinski definition) is 0. The van der Waals surface area contributed by atoms with Crippen molar-refractivity contribution in [2.75, 3.05) is 63.4 Å². The van der Waals surface area contributed by atoms with Gasteiger partial charge in [0.15, 0.2) is 6.10 Å². The first-order chi connectivity index (χ1) is 11.1. The second kappa shape index (κ2) is 7.44. The van der Waals surface area contributed by atoms with Gasteiger partial charge in [-0.25, -0.2) is 0 Å². The number of ether oxygens (including phenoxy) is 1. The molecule has 0 aromatic rings. The number of quaternary nitrogens is 3. The monoisotopic (exact) mass is 352 g/mol. The average molecular weight is 353 g/mol. The Hall–Kier alpha value is -1.43. The van der Waals surface area contributed by atoms with Gasteiger partial charge in [0.05, 0.1) is 82.0 Å². The van der Waals surface area contributed by atoms with E-state index in [2.05, 4.69) is 82.0 Å². The van der Waals surface area contributed by atoms with Crippen molar-refractivity contribution in [1.82, 2.24) is 0 Å². The van der Waals surface area contributed by atoms with Gasteiger partial charge >= 0.3 is 5.97 Å². The quantitative estimate of drug-likeness (QED) is 0.574. The van der Waals surface area contributed by atoms with E-state index in [0.717, 1.165) is 28.5 Å². The minimum atomic E-state index is -0.267. The fraction of sp³-hybridized carbons (Fsp3) is 0.650. The third-order valence-corrected chi connectivity index (χ3v) is 3.50. The SMILES string of the molecule is CC(=O)OC1C(=C[N+](C)(C)C)CC(=C[N+](C)(C)C)CC1=C[N+](C)(C)C. The first-order valence-electron chi connectivity index (χ1n) is 8.80. The summed E-state index contributed by atoms with van der Waals surface area (Å²) in [5, 5.41) is 0. The molecule has 0 radical (unpaired) electrons. The number of rotatable bonds is 4. The highest BCUT2D eigenvalue weighted by atomic mass is 16.5. The molecule has 0 heterocycles. The highest BCUT2D eigenvalue weighted by Gasteiger charge is 2.34. The molecule has 1 aliphatic carbocycles. The molecule has 0 unspecified atom stereocenters. The Balaban J connectivity index is 3.47. The molecule has 5 nitrogen and oxygen atoms in total. The molecule has 0 bridgehead atoms. The number of allylic oxidation sites excluding steroid dienone is 1. The van der Waals surface area contributed by atoms with E-state index in [1.165, 1.54) is 12.5 Å². The number of hydrogen-bond acceptors (Lipinski definition) is 2. The van der Waals surface area contributed by atoms with Gasteiger partial charge < -0.3 is 18.2 Å². The highest BCUT2D eigenvalue weighted by Crippen LogP contribution is 2.36. The Labute approximate surface area is 154 Å². The lowest BCUT2D eigenvalue weighted by molar-refractivity contribution is -0.819. The van der Waals surface area contributed by atoms with E-state index in [9.17, 15) is 4.79 Å². The largest absolute Gasteiger partial charge is 0.453 e. The molecule has 142 valence electrons. The van der Waals surface area contributed by atoms with Crippen molar-refractivity contribution in [3.8, 4) is 0 Å². The number of carbonyl (C=O) groups excluding carboxylic acids is 1. The van der Waals surface area contributed by atoms with Gasteiger partial charge in [-0.15, -0.1) is 0 Å². The zero-order valence-corrected chi connectivity index (χ0v) is 17.9. The van der Waals surface area contributed by atoms with Crippen LogP contribution in [-0.4, -0.2) is 89.0 Å². The summed E-state index contributed by atoms with van der Waals surface area (Å²) in [5.41, 5.74) is 3.69. The Morgan fingerprint density at radius 1 is 0.800 bits per heavy atom. The summed E-state index contributed by atoms with van der Waals surface area (Å²) in [6.45, 7) is 1.49. The van der Waals surface area contributed by atoms with Gasteiger partial charge in [0.25, 0.3) is 0 Å². The van der Waals surface area contributed by atoms with Gasteiger partial charge in [-0.05, 0) is 5.57 Å². The third kappa shape index (κ3) is 8.47. The first kappa shape index (κ1) is 21.6. The van der Waals surface area contributed by atoms with Gasteiger partial charge in [-0.1, -0.05) is 0 Å². The van der Waals surface area contributed by atoms with Crippen molar-refractivity contribution >= 4 is 5.97 Å². The van der Waals surface area contributed by atoms with Crippen LogP contribution in [0.1, 0.15) is 19.8 Å². The van der Waals surface area contributed by atoms with Gasteiger partial charge in [-0.2, -0.15) is 0 Å².